The summed E-state index contributed by atoms with van der Waals surface area (Å²) in [5, 5.41) is 3.48. The molecule has 2 unspecified atom stereocenters. The van der Waals surface area contributed by atoms with Crippen molar-refractivity contribution in [2.75, 3.05) is 52.4 Å². The van der Waals surface area contributed by atoms with Crippen LogP contribution in [0.3, 0.4) is 0 Å². The van der Waals surface area contributed by atoms with Gasteiger partial charge in [0.2, 0.25) is 5.91 Å². The van der Waals surface area contributed by atoms with Crippen molar-refractivity contribution in [1.29, 1.82) is 0 Å². The molecule has 1 aromatic heterocycles. The van der Waals surface area contributed by atoms with E-state index in [0.29, 0.717) is 17.7 Å². The van der Waals surface area contributed by atoms with E-state index in [4.69, 9.17) is 4.99 Å². The van der Waals surface area contributed by atoms with Crippen molar-refractivity contribution in [2.24, 2.45) is 10.9 Å². The van der Waals surface area contributed by atoms with Crippen molar-refractivity contribution >= 4 is 35.8 Å². The van der Waals surface area contributed by atoms with Crippen LogP contribution in [-0.4, -0.2) is 90.0 Å². The van der Waals surface area contributed by atoms with E-state index < -0.39 is 0 Å². The average Bonchev–Trinajstić information content (AvgIpc) is 3.33. The largest absolute Gasteiger partial charge is 0.357 e. The molecule has 2 fully saturated rings. The lowest BCUT2D eigenvalue weighted by Gasteiger charge is -2.39. The second kappa shape index (κ2) is 13.3. The predicted molar refractivity (Wildman–Crippen MR) is 142 cm³/mol. The first kappa shape index (κ1) is 26.8. The zero-order valence-corrected chi connectivity index (χ0v) is 22.5. The molecule has 0 aromatic carbocycles. The molecule has 0 radical (unpaired) electrons. The Bertz CT molecular complexity index is 714. The van der Waals surface area contributed by atoms with E-state index in [2.05, 4.69) is 53.9 Å². The van der Waals surface area contributed by atoms with Gasteiger partial charge in [0.1, 0.15) is 0 Å². The van der Waals surface area contributed by atoms with Gasteiger partial charge in [-0.1, -0.05) is 19.9 Å². The van der Waals surface area contributed by atoms with Gasteiger partial charge < -0.3 is 15.1 Å². The van der Waals surface area contributed by atoms with Gasteiger partial charge in [-0.05, 0) is 44.2 Å². The summed E-state index contributed by atoms with van der Waals surface area (Å²) in [7, 11) is 0. The number of carbonyl (C=O) groups excluding carboxylic acids is 1. The Labute approximate surface area is 211 Å². The number of rotatable bonds is 7. The van der Waals surface area contributed by atoms with Crippen LogP contribution in [0.2, 0.25) is 0 Å². The highest BCUT2D eigenvalue weighted by atomic mass is 127. The van der Waals surface area contributed by atoms with Crippen molar-refractivity contribution in [3.05, 3.63) is 30.1 Å². The van der Waals surface area contributed by atoms with Crippen LogP contribution in [0, 0.1) is 5.92 Å². The van der Waals surface area contributed by atoms with E-state index in [0.717, 1.165) is 71.2 Å². The fourth-order valence-corrected chi connectivity index (χ4v) is 4.59. The first-order chi connectivity index (χ1) is 15.0. The Balaban J connectivity index is 0.00000363. The van der Waals surface area contributed by atoms with Gasteiger partial charge in [0.05, 0.1) is 6.04 Å². The van der Waals surface area contributed by atoms with Gasteiger partial charge in [0.15, 0.2) is 5.96 Å². The number of amides is 1. The number of carbonyl (C=O) groups is 1. The van der Waals surface area contributed by atoms with Crippen molar-refractivity contribution in [3.63, 3.8) is 0 Å². The number of likely N-dealkylation sites (tertiary alicyclic amines) is 1. The van der Waals surface area contributed by atoms with Crippen LogP contribution in [-0.2, 0) is 4.79 Å². The Morgan fingerprint density at radius 2 is 1.78 bits per heavy atom. The zero-order chi connectivity index (χ0) is 22.2. The minimum Gasteiger partial charge on any atom is -0.357 e. The van der Waals surface area contributed by atoms with Crippen molar-refractivity contribution in [3.8, 4) is 0 Å². The highest BCUT2D eigenvalue weighted by Crippen LogP contribution is 2.24. The molecule has 2 saturated heterocycles. The fraction of sp³-hybridized carbons (Fsp3) is 0.708. The molecule has 2 aliphatic rings. The molecular formula is C24H41IN6O. The Hall–Kier alpha value is -1.42. The predicted octanol–water partition coefficient (Wildman–Crippen LogP) is 3.03. The summed E-state index contributed by atoms with van der Waals surface area (Å²) in [6.07, 6.45) is 6.07. The van der Waals surface area contributed by atoms with Gasteiger partial charge in [-0.3, -0.25) is 19.7 Å². The second-order valence-corrected chi connectivity index (χ2v) is 9.06. The number of nitrogens with one attached hydrogen (secondary N) is 1. The van der Waals surface area contributed by atoms with Crippen LogP contribution < -0.4 is 5.32 Å². The number of hydrogen-bond donors (Lipinski definition) is 1. The van der Waals surface area contributed by atoms with Gasteiger partial charge in [-0.25, -0.2) is 0 Å². The maximum atomic E-state index is 12.8. The number of guanidine groups is 1. The summed E-state index contributed by atoms with van der Waals surface area (Å²) in [6.45, 7) is 15.7. The van der Waals surface area contributed by atoms with Crippen molar-refractivity contribution in [1.82, 2.24) is 25.0 Å². The quantitative estimate of drug-likeness (QED) is 0.318. The summed E-state index contributed by atoms with van der Waals surface area (Å²) < 4.78 is 0. The normalized spacial score (nSPS) is 19.6. The minimum atomic E-state index is -0.0318. The molecule has 7 nitrogen and oxygen atoms in total. The molecule has 0 aliphatic carbocycles. The van der Waals surface area contributed by atoms with E-state index in [1.807, 2.05) is 23.4 Å². The summed E-state index contributed by atoms with van der Waals surface area (Å²) in [5.74, 6) is 2.12. The van der Waals surface area contributed by atoms with E-state index in [1.165, 1.54) is 5.56 Å². The number of aromatic nitrogens is 1. The number of hydrogen-bond acceptors (Lipinski definition) is 4. The molecule has 1 amide bonds. The number of aliphatic imine (C=N–C) groups is 1. The molecule has 180 valence electrons. The van der Waals surface area contributed by atoms with Gasteiger partial charge in [0.25, 0.3) is 0 Å². The SMILES string of the molecule is CCNC(=NCC(c1cccnc1)C(C)C)N1CCN(C(C)C(=O)N2CCCC2)CC1.I. The van der Waals surface area contributed by atoms with Crippen LogP contribution >= 0.6 is 24.0 Å². The lowest BCUT2D eigenvalue weighted by Crippen LogP contribution is -2.57. The Morgan fingerprint density at radius 3 is 2.34 bits per heavy atom. The number of piperazine rings is 1. The number of nitrogens with zero attached hydrogens (tertiary/aromatic N) is 5. The van der Waals surface area contributed by atoms with Crippen LogP contribution in [0.5, 0.6) is 0 Å². The zero-order valence-electron chi connectivity index (χ0n) is 20.2. The van der Waals surface area contributed by atoms with Crippen LogP contribution in [0.25, 0.3) is 0 Å². The number of halogens is 1. The van der Waals surface area contributed by atoms with E-state index in [9.17, 15) is 4.79 Å². The van der Waals surface area contributed by atoms with Crippen molar-refractivity contribution < 1.29 is 4.79 Å². The maximum Gasteiger partial charge on any atom is 0.239 e. The summed E-state index contributed by atoms with van der Waals surface area (Å²) in [6, 6.07) is 4.12. The maximum absolute atomic E-state index is 12.8. The molecule has 0 bridgehead atoms. The lowest BCUT2D eigenvalue weighted by molar-refractivity contribution is -0.135. The molecule has 2 atom stereocenters. The monoisotopic (exact) mass is 556 g/mol. The molecule has 32 heavy (non-hydrogen) atoms. The summed E-state index contributed by atoms with van der Waals surface area (Å²) in [4.78, 5) is 28.8. The molecule has 2 aliphatic heterocycles. The molecule has 0 saturated carbocycles. The third-order valence-corrected chi connectivity index (χ3v) is 6.63. The number of pyridine rings is 1. The van der Waals surface area contributed by atoms with E-state index in [1.54, 1.807) is 0 Å². The summed E-state index contributed by atoms with van der Waals surface area (Å²) >= 11 is 0. The lowest BCUT2D eigenvalue weighted by atomic mass is 9.89. The summed E-state index contributed by atoms with van der Waals surface area (Å²) in [5.41, 5.74) is 1.25. The molecule has 1 aromatic rings. The second-order valence-electron chi connectivity index (χ2n) is 9.06. The average molecular weight is 557 g/mol. The molecule has 3 rings (SSSR count). The first-order valence-electron chi connectivity index (χ1n) is 12.0. The Kier molecular flexibility index (Phi) is 11.2. The highest BCUT2D eigenvalue weighted by Gasteiger charge is 2.30. The fourth-order valence-electron chi connectivity index (χ4n) is 4.59. The smallest absolute Gasteiger partial charge is 0.239 e. The molecule has 1 N–H and O–H groups in total. The molecular weight excluding hydrogens is 515 g/mol. The third kappa shape index (κ3) is 7.04. The van der Waals surface area contributed by atoms with Gasteiger partial charge in [-0.2, -0.15) is 0 Å². The molecule has 8 heteroatoms. The van der Waals surface area contributed by atoms with Gasteiger partial charge in [-0.15, -0.1) is 24.0 Å². The minimum absolute atomic E-state index is 0. The van der Waals surface area contributed by atoms with Crippen LogP contribution in [0.4, 0.5) is 0 Å². The first-order valence-corrected chi connectivity index (χ1v) is 12.0. The van der Waals surface area contributed by atoms with E-state index >= 15 is 0 Å². The molecule has 3 heterocycles. The topological polar surface area (TPSA) is 64.1 Å². The third-order valence-electron chi connectivity index (χ3n) is 6.63. The van der Waals surface area contributed by atoms with Crippen LogP contribution in [0.1, 0.15) is 52.0 Å². The van der Waals surface area contributed by atoms with Gasteiger partial charge in [0, 0.05) is 70.7 Å². The highest BCUT2D eigenvalue weighted by molar-refractivity contribution is 14.0. The van der Waals surface area contributed by atoms with Crippen molar-refractivity contribution in [2.45, 2.75) is 52.5 Å². The molecule has 0 spiro atoms. The van der Waals surface area contributed by atoms with Crippen LogP contribution in [0.15, 0.2) is 29.5 Å². The van der Waals surface area contributed by atoms with Gasteiger partial charge >= 0.3 is 0 Å². The standard InChI is InChI=1S/C24H40N6O.HI/c1-5-26-24(27-18-22(19(2)3)21-9-8-10-25-17-21)30-15-13-28(14-16-30)20(4)23(31)29-11-6-7-12-29;/h8-10,17,19-20,22H,5-7,11-16,18H2,1-4H3,(H,26,27);1H. The Morgan fingerprint density at radius 1 is 1.09 bits per heavy atom. The van der Waals surface area contributed by atoms with E-state index in [-0.39, 0.29) is 30.0 Å².